The molecule has 1 aromatic carbocycles. The summed E-state index contributed by atoms with van der Waals surface area (Å²) in [5, 5.41) is 10.8. The number of rotatable bonds is 4. The minimum atomic E-state index is -0.291. The first-order valence-corrected chi connectivity index (χ1v) is 7.34. The van der Waals surface area contributed by atoms with Crippen molar-refractivity contribution in [3.05, 3.63) is 42.1 Å². The number of anilines is 1. The van der Waals surface area contributed by atoms with E-state index in [0.29, 0.717) is 11.3 Å². The Kier molecular flexibility index (Phi) is 5.85. The molecule has 0 atom stereocenters. The molecule has 0 fully saturated rings. The molecule has 120 valence electrons. The first-order chi connectivity index (χ1) is 10.1. The van der Waals surface area contributed by atoms with Crippen LogP contribution in [0.3, 0.4) is 0 Å². The third kappa shape index (κ3) is 7.02. The Balaban J connectivity index is 2.78. The Labute approximate surface area is 132 Å². The van der Waals surface area contributed by atoms with Gasteiger partial charge >= 0.3 is 0 Å². The molecule has 0 heterocycles. The van der Waals surface area contributed by atoms with E-state index in [4.69, 9.17) is 0 Å². The van der Waals surface area contributed by atoms with Crippen LogP contribution >= 0.6 is 0 Å². The highest BCUT2D eigenvalue weighted by Gasteiger charge is 2.17. The number of amides is 1. The Bertz CT molecular complexity index is 563. The lowest BCUT2D eigenvalue weighted by atomic mass is 9.97. The van der Waals surface area contributed by atoms with Gasteiger partial charge in [-0.2, -0.15) is 0 Å². The maximum Gasteiger partial charge on any atom is 0.253 e. The van der Waals surface area contributed by atoms with E-state index in [1.54, 1.807) is 18.3 Å². The number of benzene rings is 1. The highest BCUT2D eigenvalue weighted by Crippen LogP contribution is 2.17. The van der Waals surface area contributed by atoms with Crippen LogP contribution in [0, 0.1) is 5.41 Å². The minimum absolute atomic E-state index is 0.0590. The topological polar surface area (TPSA) is 65.8 Å². The number of allylic oxidation sites excluding steroid dienone is 1. The highest BCUT2D eigenvalue weighted by atomic mass is 16.1. The summed E-state index contributed by atoms with van der Waals surface area (Å²) in [6.45, 7) is 12.1. The molecule has 0 aliphatic carbocycles. The van der Waals surface area contributed by atoms with Crippen molar-refractivity contribution in [3.63, 3.8) is 0 Å². The molecule has 1 rings (SSSR count). The molecule has 0 saturated heterocycles. The van der Waals surface area contributed by atoms with Gasteiger partial charge in [-0.15, -0.1) is 5.11 Å². The largest absolute Gasteiger partial charge is 0.347 e. The van der Waals surface area contributed by atoms with Gasteiger partial charge in [0.25, 0.3) is 5.91 Å². The first kappa shape index (κ1) is 17.9. The normalized spacial score (nSPS) is 12.8. The third-order valence-electron chi connectivity index (χ3n) is 2.53. The van der Waals surface area contributed by atoms with E-state index in [0.717, 1.165) is 0 Å². The third-order valence-corrected chi connectivity index (χ3v) is 2.53. The second-order valence-corrected chi connectivity index (χ2v) is 7.26. The summed E-state index contributed by atoms with van der Waals surface area (Å²) in [7, 11) is 0. The predicted octanol–water partition coefficient (Wildman–Crippen LogP) is 4.55. The molecule has 0 aliphatic heterocycles. The molecule has 5 nitrogen and oxygen atoms in total. The number of carbonyl (C=O) groups excluding carboxylic acids is 1. The van der Waals surface area contributed by atoms with E-state index >= 15 is 0 Å². The molecule has 0 radical (unpaired) electrons. The maximum absolute atomic E-state index is 12.3. The maximum atomic E-state index is 12.3. The Morgan fingerprint density at radius 2 is 1.73 bits per heavy atom. The van der Waals surface area contributed by atoms with Gasteiger partial charge in [0.05, 0.1) is 11.3 Å². The summed E-state index contributed by atoms with van der Waals surface area (Å²) >= 11 is 0. The van der Waals surface area contributed by atoms with Crippen LogP contribution in [0.5, 0.6) is 0 Å². The van der Waals surface area contributed by atoms with Gasteiger partial charge in [-0.25, -0.2) is 0 Å². The van der Waals surface area contributed by atoms with Crippen LogP contribution in [-0.4, -0.2) is 11.4 Å². The SMILES string of the molecule is CC(C)(C)C=CN=NNc1ccccc1C(=O)NC(C)(C)C. The van der Waals surface area contributed by atoms with Crippen LogP contribution in [0.25, 0.3) is 0 Å². The number of para-hydroxylation sites is 1. The molecule has 5 heteroatoms. The van der Waals surface area contributed by atoms with Gasteiger partial charge in [-0.3, -0.25) is 10.2 Å². The zero-order chi connectivity index (χ0) is 16.8. The van der Waals surface area contributed by atoms with Crippen LogP contribution in [-0.2, 0) is 0 Å². The van der Waals surface area contributed by atoms with Crippen LogP contribution in [0.4, 0.5) is 5.69 Å². The molecular weight excluding hydrogens is 276 g/mol. The fourth-order valence-electron chi connectivity index (χ4n) is 1.56. The molecule has 22 heavy (non-hydrogen) atoms. The highest BCUT2D eigenvalue weighted by molar-refractivity contribution is 5.99. The van der Waals surface area contributed by atoms with Crippen molar-refractivity contribution in [1.82, 2.24) is 5.32 Å². The number of hydrogen-bond donors (Lipinski definition) is 2. The fraction of sp³-hybridized carbons (Fsp3) is 0.471. The van der Waals surface area contributed by atoms with Crippen molar-refractivity contribution < 1.29 is 4.79 Å². The van der Waals surface area contributed by atoms with E-state index in [-0.39, 0.29) is 16.9 Å². The minimum Gasteiger partial charge on any atom is -0.347 e. The molecule has 0 spiro atoms. The van der Waals surface area contributed by atoms with Crippen molar-refractivity contribution in [2.75, 3.05) is 5.43 Å². The number of nitrogens with one attached hydrogen (secondary N) is 2. The zero-order valence-electron chi connectivity index (χ0n) is 14.3. The van der Waals surface area contributed by atoms with E-state index in [9.17, 15) is 4.79 Å². The molecule has 1 amide bonds. The average molecular weight is 302 g/mol. The quantitative estimate of drug-likeness (QED) is 0.632. The van der Waals surface area contributed by atoms with E-state index in [2.05, 4.69) is 41.9 Å². The second-order valence-electron chi connectivity index (χ2n) is 7.26. The van der Waals surface area contributed by atoms with Gasteiger partial charge in [-0.05, 0) is 38.3 Å². The summed E-state index contributed by atoms with van der Waals surface area (Å²) in [5.74, 6) is -0.143. The molecule has 0 unspecified atom stereocenters. The van der Waals surface area contributed by atoms with Gasteiger partial charge < -0.3 is 5.32 Å². The van der Waals surface area contributed by atoms with Crippen LogP contribution in [0.1, 0.15) is 51.9 Å². The number of hydrogen-bond acceptors (Lipinski definition) is 3. The number of nitrogens with zero attached hydrogens (tertiary/aromatic N) is 2. The van der Waals surface area contributed by atoms with Gasteiger partial charge in [0, 0.05) is 11.7 Å². The Hall–Kier alpha value is -2.17. The number of carbonyl (C=O) groups is 1. The average Bonchev–Trinajstić information content (AvgIpc) is 2.35. The van der Waals surface area contributed by atoms with Crippen LogP contribution < -0.4 is 10.7 Å². The van der Waals surface area contributed by atoms with Crippen LogP contribution in [0.15, 0.2) is 46.9 Å². The van der Waals surface area contributed by atoms with Crippen molar-refractivity contribution in [2.24, 2.45) is 15.8 Å². The molecule has 0 aliphatic rings. The predicted molar refractivity (Wildman–Crippen MR) is 90.7 cm³/mol. The van der Waals surface area contributed by atoms with Crippen molar-refractivity contribution in [1.29, 1.82) is 0 Å². The molecule has 2 N–H and O–H groups in total. The van der Waals surface area contributed by atoms with Crippen molar-refractivity contribution in [2.45, 2.75) is 47.1 Å². The first-order valence-electron chi connectivity index (χ1n) is 7.34. The summed E-state index contributed by atoms with van der Waals surface area (Å²) in [6, 6.07) is 7.21. The standard InChI is InChI=1S/C17H26N4O/c1-16(2,3)11-12-18-21-20-14-10-8-7-9-13(14)15(22)19-17(4,5)6/h7-12H,1-6H3,(H,18,20)(H,19,22). The summed E-state index contributed by atoms with van der Waals surface area (Å²) in [6.07, 6.45) is 3.60. The Morgan fingerprint density at radius 1 is 1.09 bits per heavy atom. The van der Waals surface area contributed by atoms with Gasteiger partial charge in [0.15, 0.2) is 0 Å². The lowest BCUT2D eigenvalue weighted by Gasteiger charge is -2.21. The second kappa shape index (κ2) is 7.20. The fourth-order valence-corrected chi connectivity index (χ4v) is 1.56. The molecule has 0 aromatic heterocycles. The molecule has 0 bridgehead atoms. The zero-order valence-corrected chi connectivity index (χ0v) is 14.3. The molecule has 1 aromatic rings. The lowest BCUT2D eigenvalue weighted by Crippen LogP contribution is -2.40. The van der Waals surface area contributed by atoms with E-state index in [1.165, 1.54) is 0 Å². The summed E-state index contributed by atoms with van der Waals surface area (Å²) < 4.78 is 0. The van der Waals surface area contributed by atoms with Gasteiger partial charge in [-0.1, -0.05) is 44.2 Å². The van der Waals surface area contributed by atoms with Crippen molar-refractivity contribution in [3.8, 4) is 0 Å². The van der Waals surface area contributed by atoms with Gasteiger partial charge in [0.2, 0.25) is 0 Å². The Morgan fingerprint density at radius 3 is 2.32 bits per heavy atom. The smallest absolute Gasteiger partial charge is 0.253 e. The summed E-state index contributed by atoms with van der Waals surface area (Å²) in [4.78, 5) is 12.3. The van der Waals surface area contributed by atoms with Crippen LogP contribution in [0.2, 0.25) is 0 Å². The van der Waals surface area contributed by atoms with Gasteiger partial charge in [0.1, 0.15) is 0 Å². The van der Waals surface area contributed by atoms with E-state index < -0.39 is 0 Å². The van der Waals surface area contributed by atoms with E-state index in [1.807, 2.05) is 39.0 Å². The molecular formula is C17H26N4O. The summed E-state index contributed by atoms with van der Waals surface area (Å²) in [5.41, 5.74) is 3.74. The monoisotopic (exact) mass is 302 g/mol. The van der Waals surface area contributed by atoms with Crippen molar-refractivity contribution >= 4 is 11.6 Å². The molecule has 0 saturated carbocycles. The lowest BCUT2D eigenvalue weighted by molar-refractivity contribution is 0.0920.